The van der Waals surface area contributed by atoms with Gasteiger partial charge in [-0.15, -0.1) is 0 Å². The summed E-state index contributed by atoms with van der Waals surface area (Å²) in [7, 11) is -1.34. The smallest absolute Gasteiger partial charge is 0.151 e. The number of methoxy groups -OCH3 is 1. The zero-order chi connectivity index (χ0) is 12.6. The maximum absolute atomic E-state index is 11.6. The Balaban J connectivity index is 3.74. The Hall–Kier alpha value is -0.130. The molecule has 0 aliphatic rings. The SMILES string of the molecule is COCCCS(=O)(=O)CCNC(C)C(C)C. The van der Waals surface area contributed by atoms with Crippen molar-refractivity contribution < 1.29 is 13.2 Å². The van der Waals surface area contributed by atoms with Gasteiger partial charge in [0.15, 0.2) is 9.84 Å². The molecular formula is C11H25NO3S. The van der Waals surface area contributed by atoms with Gasteiger partial charge in [0.25, 0.3) is 0 Å². The number of sulfone groups is 1. The molecule has 5 heteroatoms. The Morgan fingerprint density at radius 3 is 2.31 bits per heavy atom. The molecule has 0 aromatic rings. The van der Waals surface area contributed by atoms with E-state index in [1.807, 2.05) is 0 Å². The van der Waals surface area contributed by atoms with E-state index in [2.05, 4.69) is 26.1 Å². The molecule has 0 radical (unpaired) electrons. The monoisotopic (exact) mass is 251 g/mol. The van der Waals surface area contributed by atoms with Gasteiger partial charge in [-0.25, -0.2) is 8.42 Å². The van der Waals surface area contributed by atoms with Gasteiger partial charge < -0.3 is 10.1 Å². The van der Waals surface area contributed by atoms with Crippen LogP contribution in [0.5, 0.6) is 0 Å². The van der Waals surface area contributed by atoms with Crippen molar-refractivity contribution in [3.05, 3.63) is 0 Å². The highest BCUT2D eigenvalue weighted by Gasteiger charge is 2.12. The van der Waals surface area contributed by atoms with Crippen molar-refractivity contribution in [1.29, 1.82) is 0 Å². The Morgan fingerprint density at radius 2 is 1.81 bits per heavy atom. The van der Waals surface area contributed by atoms with Crippen molar-refractivity contribution in [3.63, 3.8) is 0 Å². The molecule has 0 aliphatic carbocycles. The Morgan fingerprint density at radius 1 is 1.19 bits per heavy atom. The van der Waals surface area contributed by atoms with Gasteiger partial charge in [0.05, 0.1) is 11.5 Å². The molecule has 0 amide bonds. The average molecular weight is 251 g/mol. The van der Waals surface area contributed by atoms with Crippen molar-refractivity contribution >= 4 is 9.84 Å². The predicted octanol–water partition coefficient (Wildman–Crippen LogP) is 1.07. The normalized spacial score (nSPS) is 14.3. The molecule has 0 aliphatic heterocycles. The largest absolute Gasteiger partial charge is 0.385 e. The lowest BCUT2D eigenvalue weighted by Crippen LogP contribution is -2.35. The first-order valence-electron chi connectivity index (χ1n) is 5.82. The second kappa shape index (κ2) is 8.03. The fourth-order valence-corrected chi connectivity index (χ4v) is 2.39. The molecular weight excluding hydrogens is 226 g/mol. The van der Waals surface area contributed by atoms with E-state index < -0.39 is 9.84 Å². The minimum absolute atomic E-state index is 0.216. The Kier molecular flexibility index (Phi) is 7.97. The summed E-state index contributed by atoms with van der Waals surface area (Å²) >= 11 is 0. The van der Waals surface area contributed by atoms with Gasteiger partial charge in [-0.2, -0.15) is 0 Å². The standard InChI is InChI=1S/C11H25NO3S/c1-10(2)11(3)12-6-9-16(13,14)8-5-7-15-4/h10-12H,5-9H2,1-4H3. The van der Waals surface area contributed by atoms with Crippen LogP contribution in [0.1, 0.15) is 27.2 Å². The molecule has 0 heterocycles. The van der Waals surface area contributed by atoms with Crippen LogP contribution >= 0.6 is 0 Å². The summed E-state index contributed by atoms with van der Waals surface area (Å²) in [6, 6.07) is 0.356. The van der Waals surface area contributed by atoms with E-state index in [1.54, 1.807) is 7.11 Å². The molecule has 0 aromatic carbocycles. The number of ether oxygens (including phenoxy) is 1. The molecule has 16 heavy (non-hydrogen) atoms. The number of rotatable bonds is 9. The second-order valence-electron chi connectivity index (χ2n) is 4.48. The third-order valence-electron chi connectivity index (χ3n) is 2.68. The van der Waals surface area contributed by atoms with E-state index in [-0.39, 0.29) is 11.5 Å². The van der Waals surface area contributed by atoms with Crippen molar-refractivity contribution in [2.75, 3.05) is 31.8 Å². The fraction of sp³-hybridized carbons (Fsp3) is 1.00. The van der Waals surface area contributed by atoms with Gasteiger partial charge in [0.2, 0.25) is 0 Å². The summed E-state index contributed by atoms with van der Waals surface area (Å²) in [4.78, 5) is 0. The van der Waals surface area contributed by atoms with Gasteiger partial charge in [0, 0.05) is 26.3 Å². The van der Waals surface area contributed by atoms with E-state index in [4.69, 9.17) is 4.74 Å². The summed E-state index contributed by atoms with van der Waals surface area (Å²) in [6.45, 7) is 7.35. The maximum atomic E-state index is 11.6. The summed E-state index contributed by atoms with van der Waals surface area (Å²) in [5, 5.41) is 3.22. The molecule has 0 saturated carbocycles. The molecule has 0 rings (SSSR count). The van der Waals surface area contributed by atoms with Gasteiger partial charge in [-0.05, 0) is 19.3 Å². The first-order chi connectivity index (χ1) is 7.39. The van der Waals surface area contributed by atoms with E-state index >= 15 is 0 Å². The fourth-order valence-electron chi connectivity index (χ4n) is 1.20. The third-order valence-corrected chi connectivity index (χ3v) is 4.42. The van der Waals surface area contributed by atoms with Gasteiger partial charge in [-0.3, -0.25) is 0 Å². The molecule has 0 spiro atoms. The first kappa shape index (κ1) is 15.9. The predicted molar refractivity (Wildman–Crippen MR) is 67.4 cm³/mol. The highest BCUT2D eigenvalue weighted by Crippen LogP contribution is 2.00. The number of hydrogen-bond acceptors (Lipinski definition) is 4. The molecule has 1 N–H and O–H groups in total. The summed E-state index contributed by atoms with van der Waals surface area (Å²) in [5.41, 5.74) is 0. The molecule has 0 aromatic heterocycles. The average Bonchev–Trinajstić information content (AvgIpc) is 2.17. The summed E-state index contributed by atoms with van der Waals surface area (Å²) in [5.74, 6) is 0.961. The van der Waals surface area contributed by atoms with Gasteiger partial charge >= 0.3 is 0 Å². The van der Waals surface area contributed by atoms with E-state index in [0.29, 0.717) is 31.5 Å². The Labute approximate surface area is 99.7 Å². The molecule has 0 bridgehead atoms. The minimum atomic E-state index is -2.92. The van der Waals surface area contributed by atoms with Crippen LogP contribution in [-0.2, 0) is 14.6 Å². The maximum Gasteiger partial charge on any atom is 0.151 e. The Bertz CT molecular complexity index is 262. The second-order valence-corrected chi connectivity index (χ2v) is 6.79. The number of nitrogens with one attached hydrogen (secondary N) is 1. The molecule has 98 valence electrons. The highest BCUT2D eigenvalue weighted by atomic mass is 32.2. The number of hydrogen-bond donors (Lipinski definition) is 1. The van der Waals surface area contributed by atoms with Crippen molar-refractivity contribution in [2.45, 2.75) is 33.2 Å². The van der Waals surface area contributed by atoms with Crippen LogP contribution in [0.2, 0.25) is 0 Å². The van der Waals surface area contributed by atoms with Crippen molar-refractivity contribution in [2.24, 2.45) is 5.92 Å². The zero-order valence-electron chi connectivity index (χ0n) is 10.8. The lowest BCUT2D eigenvalue weighted by molar-refractivity contribution is 0.199. The quantitative estimate of drug-likeness (QED) is 0.623. The molecule has 4 nitrogen and oxygen atoms in total. The van der Waals surface area contributed by atoms with Crippen molar-refractivity contribution in [3.8, 4) is 0 Å². The van der Waals surface area contributed by atoms with Gasteiger partial charge in [0.1, 0.15) is 0 Å². The first-order valence-corrected chi connectivity index (χ1v) is 7.64. The molecule has 0 fully saturated rings. The van der Waals surface area contributed by atoms with Crippen LogP contribution < -0.4 is 5.32 Å². The third kappa shape index (κ3) is 8.07. The topological polar surface area (TPSA) is 55.4 Å². The van der Waals surface area contributed by atoms with Crippen molar-refractivity contribution in [1.82, 2.24) is 5.32 Å². The van der Waals surface area contributed by atoms with Crippen LogP contribution in [0.25, 0.3) is 0 Å². The van der Waals surface area contributed by atoms with E-state index in [0.717, 1.165) is 0 Å². The molecule has 1 unspecified atom stereocenters. The van der Waals surface area contributed by atoms with Crippen LogP contribution in [0.4, 0.5) is 0 Å². The van der Waals surface area contributed by atoms with Crippen LogP contribution in [0.15, 0.2) is 0 Å². The van der Waals surface area contributed by atoms with E-state index in [1.165, 1.54) is 0 Å². The van der Waals surface area contributed by atoms with Crippen LogP contribution in [0, 0.1) is 5.92 Å². The van der Waals surface area contributed by atoms with Crippen LogP contribution in [-0.4, -0.2) is 46.2 Å². The minimum Gasteiger partial charge on any atom is -0.385 e. The van der Waals surface area contributed by atoms with E-state index in [9.17, 15) is 8.42 Å². The summed E-state index contributed by atoms with van der Waals surface area (Å²) < 4.78 is 28.0. The lowest BCUT2D eigenvalue weighted by Gasteiger charge is -2.17. The van der Waals surface area contributed by atoms with Gasteiger partial charge in [-0.1, -0.05) is 13.8 Å². The van der Waals surface area contributed by atoms with Crippen LogP contribution in [0.3, 0.4) is 0 Å². The molecule has 1 atom stereocenters. The zero-order valence-corrected chi connectivity index (χ0v) is 11.6. The highest BCUT2D eigenvalue weighted by molar-refractivity contribution is 7.91. The molecule has 0 saturated heterocycles. The summed E-state index contributed by atoms with van der Waals surface area (Å²) in [6.07, 6.45) is 0.582. The lowest BCUT2D eigenvalue weighted by atomic mass is 10.1.